The highest BCUT2D eigenvalue weighted by molar-refractivity contribution is 5.37. The average Bonchev–Trinajstić information content (AvgIpc) is 3.08. The minimum absolute atomic E-state index is 1.01. The van der Waals surface area contributed by atoms with Crippen molar-refractivity contribution in [3.8, 4) is 0 Å². The highest BCUT2D eigenvalue weighted by atomic mass is 15.5. The van der Waals surface area contributed by atoms with E-state index in [2.05, 4.69) is 22.1 Å². The first-order valence-electron chi connectivity index (χ1n) is 10.2. The summed E-state index contributed by atoms with van der Waals surface area (Å²) in [7, 11) is 0. The molecule has 0 aliphatic rings. The predicted octanol–water partition coefficient (Wildman–Crippen LogP) is 6.00. The van der Waals surface area contributed by atoms with E-state index in [-0.39, 0.29) is 0 Å². The first-order valence-corrected chi connectivity index (χ1v) is 10.2. The summed E-state index contributed by atoms with van der Waals surface area (Å²) in [5.41, 5.74) is 2.03. The highest BCUT2D eigenvalue weighted by Crippen LogP contribution is 2.13. The first kappa shape index (κ1) is 19.0. The minimum Gasteiger partial charge on any atom is -0.325 e. The lowest BCUT2D eigenvalue weighted by molar-refractivity contribution is 0.538. The Hall–Kier alpha value is -1.32. The maximum Gasteiger partial charge on any atom is 0.155 e. The van der Waals surface area contributed by atoms with Crippen LogP contribution in [0.5, 0.6) is 0 Å². The smallest absolute Gasteiger partial charge is 0.155 e. The fourth-order valence-electron chi connectivity index (χ4n) is 3.36. The van der Waals surface area contributed by atoms with E-state index in [1.54, 1.807) is 4.63 Å². The summed E-state index contributed by atoms with van der Waals surface area (Å²) in [5.74, 6) is 1.07. The molecule has 0 unspecified atom stereocenters. The van der Waals surface area contributed by atoms with E-state index >= 15 is 0 Å². The molecule has 4 heteroatoms. The molecule has 1 N–H and O–H groups in total. The van der Waals surface area contributed by atoms with Crippen molar-refractivity contribution in [2.45, 2.75) is 104 Å². The summed E-state index contributed by atoms with van der Waals surface area (Å²) in [4.78, 5) is 3.35. The monoisotopic (exact) mass is 332 g/mol. The topological polar surface area (TPSA) is 46.0 Å². The average molecular weight is 333 g/mol. The van der Waals surface area contributed by atoms with Crippen molar-refractivity contribution in [3.05, 3.63) is 17.6 Å². The van der Waals surface area contributed by atoms with Crippen LogP contribution in [0, 0.1) is 6.92 Å². The van der Waals surface area contributed by atoms with Crippen molar-refractivity contribution < 1.29 is 0 Å². The van der Waals surface area contributed by atoms with Gasteiger partial charge in [0.1, 0.15) is 5.82 Å². The Morgan fingerprint density at radius 2 is 1.33 bits per heavy atom. The molecule has 0 atom stereocenters. The predicted molar refractivity (Wildman–Crippen MR) is 101 cm³/mol. The van der Waals surface area contributed by atoms with Gasteiger partial charge in [0.05, 0.1) is 5.69 Å². The van der Waals surface area contributed by atoms with Crippen LogP contribution in [0.1, 0.15) is 102 Å². The normalized spacial score (nSPS) is 11.6. The summed E-state index contributed by atoms with van der Waals surface area (Å²) < 4.78 is 1.72. The molecule has 0 amide bonds. The van der Waals surface area contributed by atoms with Crippen molar-refractivity contribution in [2.24, 2.45) is 0 Å². The van der Waals surface area contributed by atoms with Crippen LogP contribution >= 0.6 is 0 Å². The Labute approximate surface area is 147 Å². The standard InChI is InChI=1S/C20H36N4/c1-3-4-5-6-7-8-9-10-11-12-13-14-15-16-19-21-20-17-18(2)22-24(20)23-19/h17H,3-16H2,1-2H3,(H,21,23). The van der Waals surface area contributed by atoms with Crippen molar-refractivity contribution in [3.63, 3.8) is 0 Å². The second kappa shape index (κ2) is 11.3. The van der Waals surface area contributed by atoms with Crippen LogP contribution in [0.4, 0.5) is 0 Å². The summed E-state index contributed by atoms with van der Waals surface area (Å²) in [6.07, 6.45) is 19.2. The number of hydrogen-bond acceptors (Lipinski definition) is 2. The number of aromatic nitrogens is 4. The second-order valence-corrected chi connectivity index (χ2v) is 7.22. The molecule has 0 aromatic carbocycles. The molecule has 2 aromatic rings. The third-order valence-electron chi connectivity index (χ3n) is 4.82. The molecule has 0 radical (unpaired) electrons. The molecular formula is C20H36N4. The third kappa shape index (κ3) is 7.06. The quantitative estimate of drug-likeness (QED) is 0.431. The molecule has 0 aliphatic carbocycles. The van der Waals surface area contributed by atoms with E-state index < -0.39 is 0 Å². The zero-order chi connectivity index (χ0) is 17.0. The maximum atomic E-state index is 4.48. The molecule has 2 heterocycles. The van der Waals surface area contributed by atoms with Gasteiger partial charge in [0.25, 0.3) is 0 Å². The molecule has 136 valence electrons. The number of nitrogens with one attached hydrogen (secondary N) is 1. The fourth-order valence-corrected chi connectivity index (χ4v) is 3.36. The Morgan fingerprint density at radius 3 is 1.88 bits per heavy atom. The van der Waals surface area contributed by atoms with Gasteiger partial charge < -0.3 is 4.98 Å². The fraction of sp³-hybridized carbons (Fsp3) is 0.800. The number of rotatable bonds is 14. The van der Waals surface area contributed by atoms with Gasteiger partial charge in [0.15, 0.2) is 5.65 Å². The Bertz CT molecular complexity index is 523. The SMILES string of the molecule is CCCCCCCCCCCCCCCc1nn2nc(C)cc2[nH]1. The van der Waals surface area contributed by atoms with Crippen LogP contribution in [-0.4, -0.2) is 19.8 Å². The highest BCUT2D eigenvalue weighted by Gasteiger charge is 2.04. The molecule has 24 heavy (non-hydrogen) atoms. The van der Waals surface area contributed by atoms with E-state index in [9.17, 15) is 0 Å². The van der Waals surface area contributed by atoms with Crippen molar-refractivity contribution in [1.82, 2.24) is 19.8 Å². The largest absolute Gasteiger partial charge is 0.325 e. The third-order valence-corrected chi connectivity index (χ3v) is 4.82. The van der Waals surface area contributed by atoms with Gasteiger partial charge in [-0.1, -0.05) is 84.0 Å². The number of aromatic amines is 1. The number of unbranched alkanes of at least 4 members (excludes halogenated alkanes) is 12. The van der Waals surface area contributed by atoms with Crippen LogP contribution in [0.15, 0.2) is 6.07 Å². The van der Waals surface area contributed by atoms with Crippen LogP contribution in [0.3, 0.4) is 0 Å². The molecule has 4 nitrogen and oxygen atoms in total. The van der Waals surface area contributed by atoms with Crippen LogP contribution in [-0.2, 0) is 6.42 Å². The van der Waals surface area contributed by atoms with Crippen molar-refractivity contribution >= 4 is 5.65 Å². The zero-order valence-electron chi connectivity index (χ0n) is 15.8. The lowest BCUT2D eigenvalue weighted by Gasteiger charge is -2.02. The zero-order valence-corrected chi connectivity index (χ0v) is 15.8. The lowest BCUT2D eigenvalue weighted by atomic mass is 10.0. The summed E-state index contributed by atoms with van der Waals surface area (Å²) >= 11 is 0. The van der Waals surface area contributed by atoms with Crippen LogP contribution in [0.25, 0.3) is 5.65 Å². The van der Waals surface area contributed by atoms with Crippen LogP contribution in [0.2, 0.25) is 0 Å². The Kier molecular flexibility index (Phi) is 8.93. The number of fused-ring (bicyclic) bond motifs is 1. The minimum atomic E-state index is 1.01. The lowest BCUT2D eigenvalue weighted by Crippen LogP contribution is -1.92. The number of H-pyrrole nitrogens is 1. The Balaban J connectivity index is 1.38. The molecule has 2 rings (SSSR count). The van der Waals surface area contributed by atoms with Crippen molar-refractivity contribution in [2.75, 3.05) is 0 Å². The molecule has 0 saturated carbocycles. The van der Waals surface area contributed by atoms with E-state index in [4.69, 9.17) is 0 Å². The number of nitrogens with zero attached hydrogens (tertiary/aromatic N) is 3. The van der Waals surface area contributed by atoms with Gasteiger partial charge in [-0.3, -0.25) is 0 Å². The second-order valence-electron chi connectivity index (χ2n) is 7.22. The van der Waals surface area contributed by atoms with Gasteiger partial charge in [-0.25, -0.2) is 0 Å². The maximum absolute atomic E-state index is 4.48. The van der Waals surface area contributed by atoms with Gasteiger partial charge in [-0.2, -0.15) is 5.10 Å². The van der Waals surface area contributed by atoms with Gasteiger partial charge in [0, 0.05) is 12.5 Å². The number of hydrogen-bond donors (Lipinski definition) is 1. The van der Waals surface area contributed by atoms with E-state index in [1.807, 2.05) is 13.0 Å². The van der Waals surface area contributed by atoms with Gasteiger partial charge in [-0.05, 0) is 13.3 Å². The summed E-state index contributed by atoms with van der Waals surface area (Å²) in [6.45, 7) is 4.28. The van der Waals surface area contributed by atoms with Gasteiger partial charge >= 0.3 is 0 Å². The molecule has 0 bridgehead atoms. The van der Waals surface area contributed by atoms with Crippen LogP contribution < -0.4 is 0 Å². The number of aryl methyl sites for hydroxylation is 2. The molecule has 0 spiro atoms. The first-order chi connectivity index (χ1) is 11.8. The molecular weight excluding hydrogens is 296 g/mol. The van der Waals surface area contributed by atoms with Gasteiger partial charge in [0.2, 0.25) is 0 Å². The molecule has 0 saturated heterocycles. The summed E-state index contributed by atoms with van der Waals surface area (Å²) in [6, 6.07) is 2.04. The van der Waals surface area contributed by atoms with E-state index in [0.717, 1.165) is 23.6 Å². The molecule has 2 aromatic heterocycles. The van der Waals surface area contributed by atoms with Crippen molar-refractivity contribution in [1.29, 1.82) is 0 Å². The molecule has 0 fully saturated rings. The Morgan fingerprint density at radius 1 is 0.792 bits per heavy atom. The summed E-state index contributed by atoms with van der Waals surface area (Å²) in [5, 5.41) is 8.80. The van der Waals surface area contributed by atoms with Gasteiger partial charge in [-0.15, -0.1) is 9.73 Å². The molecule has 0 aliphatic heterocycles. The van der Waals surface area contributed by atoms with E-state index in [0.29, 0.717) is 0 Å². The van der Waals surface area contributed by atoms with E-state index in [1.165, 1.54) is 83.5 Å².